The number of esters is 1. The molecule has 0 bridgehead atoms. The third kappa shape index (κ3) is 7.93. The number of nitrogens with one attached hydrogen (secondary N) is 1. The van der Waals surface area contributed by atoms with Crippen LogP contribution in [0.25, 0.3) is 0 Å². The molecule has 54 heavy (non-hydrogen) atoms. The maximum atomic E-state index is 13.9. The summed E-state index contributed by atoms with van der Waals surface area (Å²) in [5.74, 6) is -1.73. The number of hydrogen-bond acceptors (Lipinski definition) is 13. The monoisotopic (exact) mass is 815 g/mol. The van der Waals surface area contributed by atoms with E-state index in [1.807, 2.05) is 67.7 Å². The minimum absolute atomic E-state index is 0.00354. The molecule has 4 heterocycles. The molecule has 1 aromatic heterocycles. The summed E-state index contributed by atoms with van der Waals surface area (Å²) in [5.41, 5.74) is -3.82. The van der Waals surface area contributed by atoms with Gasteiger partial charge in [0.15, 0.2) is 28.5 Å². The highest BCUT2D eigenvalue weighted by molar-refractivity contribution is 7.90. The molecular weight excluding hydrogens is 763 g/mol. The summed E-state index contributed by atoms with van der Waals surface area (Å²) in [6, 6.07) is -2.35. The van der Waals surface area contributed by atoms with E-state index in [0.717, 1.165) is 9.13 Å². The molecule has 4 atom stereocenters. The van der Waals surface area contributed by atoms with Crippen LogP contribution in [0.4, 0.5) is 9.59 Å². The minimum Gasteiger partial charge on any atom is -0.465 e. The maximum absolute atomic E-state index is 13.9. The fraction of sp³-hybridized carbons (Fsp3) is 0.697. The molecule has 0 aliphatic carbocycles. The molecule has 0 radical (unpaired) electrons. The highest BCUT2D eigenvalue weighted by Crippen LogP contribution is 2.52. The minimum atomic E-state index is -4.64. The van der Waals surface area contributed by atoms with Crippen molar-refractivity contribution in [1.29, 1.82) is 0 Å². The van der Waals surface area contributed by atoms with Gasteiger partial charge in [-0.25, -0.2) is 23.5 Å². The highest BCUT2D eigenvalue weighted by atomic mass is 32.2. The Labute approximate surface area is 317 Å². The van der Waals surface area contributed by atoms with E-state index in [4.69, 9.17) is 22.5 Å². The summed E-state index contributed by atoms with van der Waals surface area (Å²) in [5, 5.41) is 2.36. The molecular formula is C33H53N5O13SSi2. The Morgan fingerprint density at radius 3 is 2.17 bits per heavy atom. The lowest BCUT2D eigenvalue weighted by Gasteiger charge is -2.44. The summed E-state index contributed by atoms with van der Waals surface area (Å²) < 4.78 is 60.3. The molecule has 4 rings (SSSR count). The van der Waals surface area contributed by atoms with E-state index in [2.05, 4.69) is 5.32 Å². The van der Waals surface area contributed by atoms with Gasteiger partial charge in [0.25, 0.3) is 21.6 Å². The quantitative estimate of drug-likeness (QED) is 0.156. The number of urea groups is 2. The largest absolute Gasteiger partial charge is 0.465 e. The van der Waals surface area contributed by atoms with Gasteiger partial charge in [-0.05, 0) is 50.1 Å². The van der Waals surface area contributed by atoms with E-state index in [1.54, 1.807) is 6.92 Å². The fourth-order valence-electron chi connectivity index (χ4n) is 5.70. The van der Waals surface area contributed by atoms with E-state index in [9.17, 15) is 37.2 Å². The van der Waals surface area contributed by atoms with Crippen LogP contribution in [-0.4, -0.2) is 112 Å². The summed E-state index contributed by atoms with van der Waals surface area (Å²) in [7, 11) is -8.93. The number of ether oxygens (including phenoxy) is 2. The molecule has 1 aromatic rings. The molecule has 0 unspecified atom stereocenters. The molecule has 0 saturated carbocycles. The third-order valence-corrected chi connectivity index (χ3v) is 20.9. The van der Waals surface area contributed by atoms with E-state index < -0.39 is 110 Å². The number of imide groups is 2. The molecule has 2 saturated heterocycles. The Morgan fingerprint density at radius 2 is 1.61 bits per heavy atom. The smallest absolute Gasteiger partial charge is 0.335 e. The van der Waals surface area contributed by atoms with Crippen LogP contribution in [0.1, 0.15) is 60.3 Å². The van der Waals surface area contributed by atoms with Crippen LogP contribution in [0.2, 0.25) is 36.3 Å². The maximum Gasteiger partial charge on any atom is 0.335 e. The molecule has 302 valence electrons. The van der Waals surface area contributed by atoms with Gasteiger partial charge in [0.1, 0.15) is 25.3 Å². The second-order valence-corrected chi connectivity index (χ2v) is 27.7. The summed E-state index contributed by atoms with van der Waals surface area (Å²) in [6.45, 7) is 20.8. The number of amides is 5. The van der Waals surface area contributed by atoms with Crippen molar-refractivity contribution in [1.82, 2.24) is 24.3 Å². The molecule has 5 amide bonds. The molecule has 3 aliphatic rings. The van der Waals surface area contributed by atoms with Crippen molar-refractivity contribution >= 4 is 50.7 Å². The number of rotatable bonds is 10. The van der Waals surface area contributed by atoms with Gasteiger partial charge < -0.3 is 23.6 Å². The molecule has 2 fully saturated rings. The average molecular weight is 816 g/mol. The zero-order chi connectivity index (χ0) is 41.1. The highest BCUT2D eigenvalue weighted by Gasteiger charge is 2.68. The topological polar surface area (TPSA) is 211 Å². The first-order chi connectivity index (χ1) is 24.5. The van der Waals surface area contributed by atoms with Crippen LogP contribution < -0.4 is 16.6 Å². The predicted molar refractivity (Wildman–Crippen MR) is 200 cm³/mol. The zero-order valence-electron chi connectivity index (χ0n) is 33.2. The Morgan fingerprint density at radius 1 is 1.02 bits per heavy atom. The van der Waals surface area contributed by atoms with Gasteiger partial charge in [-0.15, -0.1) is 0 Å². The number of hydrogen-bond donors (Lipinski definition) is 1. The fourth-order valence-corrected chi connectivity index (χ4v) is 9.24. The lowest BCUT2D eigenvalue weighted by molar-refractivity contribution is -0.146. The average Bonchev–Trinajstić information content (AvgIpc) is 3.58. The van der Waals surface area contributed by atoms with Crippen LogP contribution >= 0.6 is 0 Å². The van der Waals surface area contributed by atoms with Crippen molar-refractivity contribution < 1.29 is 50.1 Å². The standard InChI is InChI=1S/C33H53N5O13SSi2/c1-14-47-24(40)17-36-23(39)16-38(30(36)44)28(42)34-21-19-52(45,46)51-33(21)22(18-48-53(10,11)31(3,4)5)49-27(25(33)50-54(12,13)32(6,7)8)37-15-20(2)26(41)35(9)29(37)43/h15,19,22,25,27H,14,16-18H2,1-13H3,(H,34,42)/t22-,25+,27-,33-/m1/s1. The number of aromatic nitrogens is 2. The number of carbonyl (C=O) groups is 4. The van der Waals surface area contributed by atoms with Gasteiger partial charge in [0.2, 0.25) is 0 Å². The first kappa shape index (κ1) is 43.3. The lowest BCUT2D eigenvalue weighted by atomic mass is 9.89. The zero-order valence-corrected chi connectivity index (χ0v) is 36.0. The first-order valence-electron chi connectivity index (χ1n) is 17.5. The van der Waals surface area contributed by atoms with Gasteiger partial charge in [-0.1, -0.05) is 41.5 Å². The second kappa shape index (κ2) is 14.5. The summed E-state index contributed by atoms with van der Waals surface area (Å²) in [6.07, 6.45) is -3.01. The van der Waals surface area contributed by atoms with E-state index in [0.29, 0.717) is 15.2 Å². The number of carbonyl (C=O) groups excluding carboxylic acids is 4. The van der Waals surface area contributed by atoms with Crippen LogP contribution in [0.5, 0.6) is 0 Å². The van der Waals surface area contributed by atoms with E-state index in [1.165, 1.54) is 20.2 Å². The third-order valence-electron chi connectivity index (χ3n) is 10.9. The van der Waals surface area contributed by atoms with Crippen LogP contribution in [0.15, 0.2) is 26.9 Å². The number of nitrogens with zero attached hydrogens (tertiary/aromatic N) is 4. The lowest BCUT2D eigenvalue weighted by Crippen LogP contribution is -2.61. The van der Waals surface area contributed by atoms with Crippen molar-refractivity contribution in [2.75, 3.05) is 26.3 Å². The molecule has 21 heteroatoms. The van der Waals surface area contributed by atoms with Crippen molar-refractivity contribution in [2.24, 2.45) is 7.05 Å². The van der Waals surface area contributed by atoms with Crippen LogP contribution in [-0.2, 0) is 49.3 Å². The van der Waals surface area contributed by atoms with Gasteiger partial charge in [0.05, 0.1) is 24.3 Å². The molecule has 0 aromatic carbocycles. The Kier molecular flexibility index (Phi) is 11.7. The normalized spacial score (nSPS) is 24.8. The second-order valence-electron chi connectivity index (χ2n) is 16.7. The Balaban J connectivity index is 1.92. The first-order valence-corrected chi connectivity index (χ1v) is 24.8. The molecule has 18 nitrogen and oxygen atoms in total. The van der Waals surface area contributed by atoms with Crippen molar-refractivity contribution in [3.05, 3.63) is 43.7 Å². The predicted octanol–water partition coefficient (Wildman–Crippen LogP) is 2.64. The summed E-state index contributed by atoms with van der Waals surface area (Å²) in [4.78, 5) is 79.7. The Bertz CT molecular complexity index is 1980. The van der Waals surface area contributed by atoms with Gasteiger partial charge in [0, 0.05) is 18.8 Å². The van der Waals surface area contributed by atoms with Crippen molar-refractivity contribution in [2.45, 2.75) is 116 Å². The SMILES string of the molecule is CCOC(=O)CN1C(=O)CN(C(=O)NC2=CS(=O)(=O)O[C@@]23[C@@H](CO[Si](C)(C)C(C)(C)C)O[C@@H](n2cc(C)c(=O)n(C)c2=O)[C@@H]3O[Si](C)(C)C(C)(C)C)C1=O. The van der Waals surface area contributed by atoms with Gasteiger partial charge in [-0.3, -0.25) is 28.4 Å². The van der Waals surface area contributed by atoms with E-state index >= 15 is 0 Å². The van der Waals surface area contributed by atoms with E-state index in [-0.39, 0.29) is 23.8 Å². The molecule has 1 spiro atoms. The molecule has 1 N–H and O–H groups in total. The Hall–Kier alpha value is -3.48. The number of aryl methyl sites for hydroxylation is 1. The van der Waals surface area contributed by atoms with Gasteiger partial charge >= 0.3 is 23.7 Å². The molecule has 3 aliphatic heterocycles. The van der Waals surface area contributed by atoms with Crippen LogP contribution in [0, 0.1) is 6.92 Å². The van der Waals surface area contributed by atoms with Crippen LogP contribution in [0.3, 0.4) is 0 Å². The van der Waals surface area contributed by atoms with Crippen molar-refractivity contribution in [3.63, 3.8) is 0 Å². The van der Waals surface area contributed by atoms with Gasteiger partial charge in [-0.2, -0.15) is 8.42 Å². The van der Waals surface area contributed by atoms with Crippen molar-refractivity contribution in [3.8, 4) is 0 Å². The summed E-state index contributed by atoms with van der Waals surface area (Å²) >= 11 is 0.